The van der Waals surface area contributed by atoms with Crippen molar-refractivity contribution in [3.05, 3.63) is 29.6 Å². The Balaban J connectivity index is 3.05. The smallest absolute Gasteiger partial charge is 0.321 e. The van der Waals surface area contributed by atoms with Gasteiger partial charge in [-0.05, 0) is 24.6 Å². The quantitative estimate of drug-likeness (QED) is 0.795. The van der Waals surface area contributed by atoms with E-state index in [0.29, 0.717) is 6.42 Å². The third kappa shape index (κ3) is 4.51. The van der Waals surface area contributed by atoms with Gasteiger partial charge in [-0.15, -0.1) is 0 Å². The van der Waals surface area contributed by atoms with E-state index in [2.05, 4.69) is 4.72 Å². The molecule has 0 fully saturated rings. The van der Waals surface area contributed by atoms with E-state index < -0.39 is 33.4 Å². The summed E-state index contributed by atoms with van der Waals surface area (Å²) in [4.78, 5) is 10.7. The van der Waals surface area contributed by atoms with Crippen molar-refractivity contribution >= 4 is 16.0 Å². The minimum Gasteiger partial charge on any atom is -0.480 e. The van der Waals surface area contributed by atoms with Crippen LogP contribution in [-0.2, 0) is 14.8 Å². The number of hydrogen-bond donors (Lipinski definition) is 2. The summed E-state index contributed by atoms with van der Waals surface area (Å²) >= 11 is 0. The van der Waals surface area contributed by atoms with Crippen LogP contribution in [0.15, 0.2) is 23.1 Å². The molecule has 0 aliphatic carbocycles. The predicted molar refractivity (Wildman–Crippen MR) is 72.4 cm³/mol. The number of aliphatic carboxylic acids is 1. The van der Waals surface area contributed by atoms with Crippen LogP contribution in [0.4, 0.5) is 4.39 Å². The number of unbranched alkanes of at least 4 members (excludes halogenated alkanes) is 1. The van der Waals surface area contributed by atoms with Crippen LogP contribution in [0.25, 0.3) is 0 Å². The van der Waals surface area contributed by atoms with Crippen LogP contribution in [0.1, 0.15) is 31.7 Å². The first kappa shape index (κ1) is 17.1. The van der Waals surface area contributed by atoms with Gasteiger partial charge >= 0.3 is 5.97 Å². The summed E-state index contributed by atoms with van der Waals surface area (Å²) in [5.74, 6) is -2.12. The molecule has 0 radical (unpaired) electrons. The van der Waals surface area contributed by atoms with Gasteiger partial charge < -0.3 is 5.11 Å². The number of hydrogen-bond acceptors (Lipinski definition) is 4. The van der Waals surface area contributed by atoms with Crippen LogP contribution in [0.5, 0.6) is 0 Å². The standard InChI is InChI=1S/C13H15FN2O4S/c1-2-3-4-12(13(17)18)16-21(19,20)10-5-6-11(14)9(7-10)8-15/h5-7,12,16H,2-4H2,1H3,(H,17,18). The van der Waals surface area contributed by atoms with Crippen LogP contribution in [0.3, 0.4) is 0 Å². The minimum atomic E-state index is -4.13. The average Bonchev–Trinajstić information content (AvgIpc) is 2.43. The molecule has 1 unspecified atom stereocenters. The number of nitrogens with one attached hydrogen (secondary N) is 1. The molecule has 0 heterocycles. The lowest BCUT2D eigenvalue weighted by Crippen LogP contribution is -2.40. The van der Waals surface area contributed by atoms with Crippen LogP contribution >= 0.6 is 0 Å². The van der Waals surface area contributed by atoms with Crippen LogP contribution in [-0.4, -0.2) is 25.5 Å². The van der Waals surface area contributed by atoms with Gasteiger partial charge in [-0.25, -0.2) is 12.8 Å². The fourth-order valence-electron chi connectivity index (χ4n) is 1.65. The third-order valence-electron chi connectivity index (χ3n) is 2.81. The molecule has 2 N–H and O–H groups in total. The molecule has 0 saturated heterocycles. The van der Waals surface area contributed by atoms with Crippen molar-refractivity contribution in [3.63, 3.8) is 0 Å². The molecule has 0 aliphatic heterocycles. The van der Waals surface area contributed by atoms with Crippen molar-refractivity contribution in [1.29, 1.82) is 5.26 Å². The molecule has 21 heavy (non-hydrogen) atoms. The summed E-state index contributed by atoms with van der Waals surface area (Å²) in [6.07, 6.45) is 1.42. The number of halogens is 1. The molecular weight excluding hydrogens is 299 g/mol. The van der Waals surface area contributed by atoms with E-state index >= 15 is 0 Å². The first-order valence-corrected chi connectivity index (χ1v) is 7.75. The Labute approximate surface area is 122 Å². The van der Waals surface area contributed by atoms with Crippen molar-refractivity contribution in [2.24, 2.45) is 0 Å². The van der Waals surface area contributed by atoms with Crippen molar-refractivity contribution in [1.82, 2.24) is 4.72 Å². The van der Waals surface area contributed by atoms with Crippen LogP contribution in [0.2, 0.25) is 0 Å². The zero-order chi connectivity index (χ0) is 16.0. The lowest BCUT2D eigenvalue weighted by Gasteiger charge is -2.14. The number of carboxylic acid groups (broad SMARTS) is 1. The fraction of sp³-hybridized carbons (Fsp3) is 0.385. The van der Waals surface area contributed by atoms with Gasteiger partial charge in [-0.1, -0.05) is 19.8 Å². The Morgan fingerprint density at radius 2 is 2.19 bits per heavy atom. The Kier molecular flexibility index (Phi) is 5.81. The van der Waals surface area contributed by atoms with Crippen molar-refractivity contribution in [2.45, 2.75) is 37.1 Å². The number of nitrogens with zero attached hydrogens (tertiary/aromatic N) is 1. The van der Waals surface area contributed by atoms with Gasteiger partial charge in [-0.3, -0.25) is 4.79 Å². The molecule has 1 aromatic rings. The van der Waals surface area contributed by atoms with E-state index in [-0.39, 0.29) is 11.3 Å². The SMILES string of the molecule is CCCCC(NS(=O)(=O)c1ccc(F)c(C#N)c1)C(=O)O. The molecule has 8 heteroatoms. The highest BCUT2D eigenvalue weighted by atomic mass is 32.2. The molecule has 1 aromatic carbocycles. The normalized spacial score (nSPS) is 12.6. The van der Waals surface area contributed by atoms with E-state index in [9.17, 15) is 17.6 Å². The number of rotatable bonds is 7. The van der Waals surface area contributed by atoms with Gasteiger partial charge in [0.05, 0.1) is 10.5 Å². The Morgan fingerprint density at radius 1 is 1.52 bits per heavy atom. The average molecular weight is 314 g/mol. The number of nitriles is 1. The molecule has 0 spiro atoms. The molecule has 1 rings (SSSR count). The maximum atomic E-state index is 13.2. The van der Waals surface area contributed by atoms with Gasteiger partial charge in [-0.2, -0.15) is 9.98 Å². The van der Waals surface area contributed by atoms with Gasteiger partial charge in [0.25, 0.3) is 0 Å². The Hall–Kier alpha value is -1.98. The number of carbonyl (C=O) groups is 1. The molecule has 0 saturated carbocycles. The van der Waals surface area contributed by atoms with E-state index in [1.165, 1.54) is 6.07 Å². The molecule has 0 bridgehead atoms. The van der Waals surface area contributed by atoms with Gasteiger partial charge in [0.15, 0.2) is 0 Å². The van der Waals surface area contributed by atoms with Gasteiger partial charge in [0.1, 0.15) is 17.9 Å². The molecule has 1 atom stereocenters. The van der Waals surface area contributed by atoms with E-state index in [0.717, 1.165) is 24.6 Å². The van der Waals surface area contributed by atoms with Crippen molar-refractivity contribution in [3.8, 4) is 6.07 Å². The zero-order valence-corrected chi connectivity index (χ0v) is 12.2. The zero-order valence-electron chi connectivity index (χ0n) is 11.3. The second-order valence-electron chi connectivity index (χ2n) is 4.41. The number of benzene rings is 1. The second kappa shape index (κ2) is 7.15. The molecule has 114 valence electrons. The Morgan fingerprint density at radius 3 is 2.71 bits per heavy atom. The lowest BCUT2D eigenvalue weighted by atomic mass is 10.1. The number of sulfonamides is 1. The highest BCUT2D eigenvalue weighted by Gasteiger charge is 2.25. The Bertz CT molecular complexity index is 667. The van der Waals surface area contributed by atoms with E-state index in [1.54, 1.807) is 0 Å². The molecule has 0 aromatic heterocycles. The van der Waals surface area contributed by atoms with E-state index in [1.807, 2.05) is 6.92 Å². The van der Waals surface area contributed by atoms with Gasteiger partial charge in [0.2, 0.25) is 10.0 Å². The summed E-state index contributed by atoms with van der Waals surface area (Å²) in [6, 6.07) is 2.99. The first-order valence-electron chi connectivity index (χ1n) is 6.26. The third-order valence-corrected chi connectivity index (χ3v) is 4.28. The molecule has 0 amide bonds. The highest BCUT2D eigenvalue weighted by Crippen LogP contribution is 2.15. The van der Waals surface area contributed by atoms with Gasteiger partial charge in [0, 0.05) is 0 Å². The monoisotopic (exact) mass is 314 g/mol. The second-order valence-corrected chi connectivity index (χ2v) is 6.12. The summed E-state index contributed by atoms with van der Waals surface area (Å²) in [5, 5.41) is 17.7. The highest BCUT2D eigenvalue weighted by molar-refractivity contribution is 7.89. The minimum absolute atomic E-state index is 0.150. The topological polar surface area (TPSA) is 107 Å². The lowest BCUT2D eigenvalue weighted by molar-refractivity contribution is -0.139. The fourth-order valence-corrected chi connectivity index (χ4v) is 2.90. The summed E-state index contributed by atoms with van der Waals surface area (Å²) < 4.78 is 39.4. The molecular formula is C13H15FN2O4S. The maximum Gasteiger partial charge on any atom is 0.321 e. The molecule has 6 nitrogen and oxygen atoms in total. The van der Waals surface area contributed by atoms with Crippen LogP contribution < -0.4 is 4.72 Å². The summed E-state index contributed by atoms with van der Waals surface area (Å²) in [5.41, 5.74) is -0.418. The van der Waals surface area contributed by atoms with Crippen molar-refractivity contribution in [2.75, 3.05) is 0 Å². The first-order chi connectivity index (χ1) is 9.81. The van der Waals surface area contributed by atoms with E-state index in [4.69, 9.17) is 10.4 Å². The molecule has 0 aliphatic rings. The maximum absolute atomic E-state index is 13.2. The number of carboxylic acids is 1. The van der Waals surface area contributed by atoms with Crippen LogP contribution in [0, 0.1) is 17.1 Å². The van der Waals surface area contributed by atoms with Crippen molar-refractivity contribution < 1.29 is 22.7 Å². The summed E-state index contributed by atoms with van der Waals surface area (Å²) in [6.45, 7) is 1.85. The largest absolute Gasteiger partial charge is 0.480 e. The summed E-state index contributed by atoms with van der Waals surface area (Å²) in [7, 11) is -4.13. The predicted octanol–water partition coefficient (Wildman–Crippen LogP) is 1.62.